The van der Waals surface area contributed by atoms with Gasteiger partial charge in [-0.15, -0.1) is 0 Å². The zero-order chi connectivity index (χ0) is 15.0. The molecule has 0 bridgehead atoms. The highest BCUT2D eigenvalue weighted by atomic mass is 16.3. The Balaban J connectivity index is 1.90. The van der Waals surface area contributed by atoms with Gasteiger partial charge in [0.15, 0.2) is 0 Å². The summed E-state index contributed by atoms with van der Waals surface area (Å²) in [6, 6.07) is 14.6. The molecule has 0 spiro atoms. The Kier molecular flexibility index (Phi) is 3.56. The molecule has 1 unspecified atom stereocenters. The van der Waals surface area contributed by atoms with Crippen LogP contribution in [-0.2, 0) is 6.42 Å². The van der Waals surface area contributed by atoms with Crippen LogP contribution in [0.5, 0.6) is 0 Å². The summed E-state index contributed by atoms with van der Waals surface area (Å²) in [5, 5.41) is 13.0. The van der Waals surface area contributed by atoms with E-state index in [0.29, 0.717) is 6.42 Å². The molecule has 2 aromatic carbocycles. The quantitative estimate of drug-likeness (QED) is 0.758. The number of hydrogen-bond donors (Lipinski definition) is 1. The summed E-state index contributed by atoms with van der Waals surface area (Å²) in [4.78, 5) is 0. The highest BCUT2D eigenvalue weighted by molar-refractivity contribution is 5.83. The number of aliphatic hydroxyl groups excluding tert-OH is 1. The van der Waals surface area contributed by atoms with Gasteiger partial charge in [-0.2, -0.15) is 0 Å². The highest BCUT2D eigenvalue weighted by Crippen LogP contribution is 2.29. The van der Waals surface area contributed by atoms with Crippen LogP contribution in [0.2, 0.25) is 0 Å². The van der Waals surface area contributed by atoms with E-state index in [1.165, 1.54) is 10.8 Å². The predicted octanol–water partition coefficient (Wildman–Crippen LogP) is 4.63. The van der Waals surface area contributed by atoms with Crippen molar-refractivity contribution in [1.29, 1.82) is 0 Å². The Hall–Kier alpha value is -2.06. The lowest BCUT2D eigenvalue weighted by molar-refractivity contribution is 0.176. The molecule has 2 heteroatoms. The van der Waals surface area contributed by atoms with Crippen molar-refractivity contribution < 1.29 is 9.52 Å². The van der Waals surface area contributed by atoms with Crippen molar-refractivity contribution in [3.8, 4) is 0 Å². The molecule has 2 nitrogen and oxygen atoms in total. The monoisotopic (exact) mass is 280 g/mol. The number of aryl methyl sites for hydroxylation is 2. The van der Waals surface area contributed by atoms with Crippen molar-refractivity contribution >= 4 is 10.8 Å². The number of hydrogen-bond acceptors (Lipinski definition) is 2. The summed E-state index contributed by atoms with van der Waals surface area (Å²) in [5.74, 6) is 1.71. The fraction of sp³-hybridized carbons (Fsp3) is 0.263. The average molecular weight is 280 g/mol. The normalized spacial score (nSPS) is 12.8. The van der Waals surface area contributed by atoms with E-state index in [0.717, 1.165) is 28.2 Å². The molecule has 0 saturated carbocycles. The van der Waals surface area contributed by atoms with Gasteiger partial charge in [-0.05, 0) is 42.7 Å². The molecule has 1 N–H and O–H groups in total. The molecule has 0 saturated heterocycles. The van der Waals surface area contributed by atoms with Crippen LogP contribution in [0.1, 0.15) is 34.3 Å². The van der Waals surface area contributed by atoms with Crippen LogP contribution in [0.3, 0.4) is 0 Å². The molecule has 1 heterocycles. The van der Waals surface area contributed by atoms with Crippen LogP contribution in [0, 0.1) is 20.8 Å². The van der Waals surface area contributed by atoms with Gasteiger partial charge >= 0.3 is 0 Å². The van der Waals surface area contributed by atoms with Crippen LogP contribution in [0.4, 0.5) is 0 Å². The van der Waals surface area contributed by atoms with Crippen molar-refractivity contribution in [3.05, 3.63) is 70.7 Å². The van der Waals surface area contributed by atoms with Gasteiger partial charge in [0.25, 0.3) is 0 Å². The minimum Gasteiger partial charge on any atom is -0.466 e. The first-order valence-corrected chi connectivity index (χ1v) is 7.28. The molecule has 0 fully saturated rings. The van der Waals surface area contributed by atoms with E-state index in [1.807, 2.05) is 32.9 Å². The van der Waals surface area contributed by atoms with Gasteiger partial charge in [0.2, 0.25) is 0 Å². The van der Waals surface area contributed by atoms with E-state index < -0.39 is 6.10 Å². The average Bonchev–Trinajstić information content (AvgIpc) is 2.72. The molecule has 3 aromatic rings. The van der Waals surface area contributed by atoms with Crippen molar-refractivity contribution in [2.75, 3.05) is 0 Å². The molecule has 0 radical (unpaired) electrons. The number of aliphatic hydroxyl groups is 1. The number of furan rings is 1. The standard InChI is InChI=1S/C19H20O2/c1-12-13(2)21-14(3)19(12)18(20)11-15-8-9-16-6-4-5-7-17(16)10-15/h4-10,18,20H,11H2,1-3H3. The zero-order valence-corrected chi connectivity index (χ0v) is 12.7. The first-order chi connectivity index (χ1) is 10.1. The molecule has 3 rings (SSSR count). The van der Waals surface area contributed by atoms with Crippen LogP contribution < -0.4 is 0 Å². The second-order valence-electron chi connectivity index (χ2n) is 5.65. The number of benzene rings is 2. The molecular formula is C19H20O2. The van der Waals surface area contributed by atoms with E-state index in [9.17, 15) is 5.11 Å². The van der Waals surface area contributed by atoms with E-state index in [2.05, 4.69) is 30.3 Å². The lowest BCUT2D eigenvalue weighted by Crippen LogP contribution is -2.04. The van der Waals surface area contributed by atoms with Gasteiger partial charge in [-0.3, -0.25) is 0 Å². The summed E-state index contributed by atoms with van der Waals surface area (Å²) < 4.78 is 5.61. The molecular weight excluding hydrogens is 260 g/mol. The fourth-order valence-electron chi connectivity index (χ4n) is 2.99. The summed E-state index contributed by atoms with van der Waals surface area (Å²) in [6.07, 6.45) is 0.0782. The summed E-state index contributed by atoms with van der Waals surface area (Å²) in [6.45, 7) is 5.86. The van der Waals surface area contributed by atoms with Crippen molar-refractivity contribution in [1.82, 2.24) is 0 Å². The zero-order valence-electron chi connectivity index (χ0n) is 12.7. The van der Waals surface area contributed by atoms with E-state index in [4.69, 9.17) is 4.42 Å². The van der Waals surface area contributed by atoms with Gasteiger partial charge < -0.3 is 9.52 Å². The highest BCUT2D eigenvalue weighted by Gasteiger charge is 2.19. The maximum absolute atomic E-state index is 10.6. The smallest absolute Gasteiger partial charge is 0.107 e. The summed E-state index contributed by atoms with van der Waals surface area (Å²) in [7, 11) is 0. The number of rotatable bonds is 3. The van der Waals surface area contributed by atoms with E-state index >= 15 is 0 Å². The first kappa shape index (κ1) is 13.9. The molecule has 0 amide bonds. The maximum atomic E-state index is 10.6. The van der Waals surface area contributed by atoms with Crippen LogP contribution in [-0.4, -0.2) is 5.11 Å². The van der Waals surface area contributed by atoms with Crippen LogP contribution >= 0.6 is 0 Å². The van der Waals surface area contributed by atoms with Gasteiger partial charge in [-0.25, -0.2) is 0 Å². The Bertz CT molecular complexity index is 783. The minimum atomic E-state index is -0.524. The molecule has 1 atom stereocenters. The Labute approximate surface area is 125 Å². The topological polar surface area (TPSA) is 33.4 Å². The third-order valence-electron chi connectivity index (χ3n) is 4.19. The molecule has 0 aliphatic carbocycles. The number of fused-ring (bicyclic) bond motifs is 1. The Morgan fingerprint density at radius 2 is 1.67 bits per heavy atom. The third-order valence-corrected chi connectivity index (χ3v) is 4.19. The van der Waals surface area contributed by atoms with Gasteiger partial charge in [0, 0.05) is 12.0 Å². The Morgan fingerprint density at radius 3 is 2.33 bits per heavy atom. The molecule has 108 valence electrons. The van der Waals surface area contributed by atoms with Crippen molar-refractivity contribution in [2.24, 2.45) is 0 Å². The third kappa shape index (κ3) is 2.59. The first-order valence-electron chi connectivity index (χ1n) is 7.28. The van der Waals surface area contributed by atoms with Crippen LogP contribution in [0.15, 0.2) is 46.9 Å². The second kappa shape index (κ2) is 5.38. The molecule has 0 aliphatic heterocycles. The SMILES string of the molecule is Cc1oc(C)c(C(O)Cc2ccc3ccccc3c2)c1C. The van der Waals surface area contributed by atoms with E-state index in [1.54, 1.807) is 0 Å². The summed E-state index contributed by atoms with van der Waals surface area (Å²) in [5.41, 5.74) is 3.13. The fourth-order valence-corrected chi connectivity index (χ4v) is 2.99. The lowest BCUT2D eigenvalue weighted by Gasteiger charge is -2.12. The second-order valence-corrected chi connectivity index (χ2v) is 5.65. The molecule has 0 aliphatic rings. The lowest BCUT2D eigenvalue weighted by atomic mass is 9.97. The molecule has 21 heavy (non-hydrogen) atoms. The van der Waals surface area contributed by atoms with E-state index in [-0.39, 0.29) is 0 Å². The summed E-state index contributed by atoms with van der Waals surface area (Å²) >= 11 is 0. The van der Waals surface area contributed by atoms with Crippen LogP contribution in [0.25, 0.3) is 10.8 Å². The minimum absolute atomic E-state index is 0.524. The predicted molar refractivity (Wildman–Crippen MR) is 85.5 cm³/mol. The maximum Gasteiger partial charge on any atom is 0.107 e. The van der Waals surface area contributed by atoms with Gasteiger partial charge in [-0.1, -0.05) is 42.5 Å². The molecule has 1 aromatic heterocycles. The van der Waals surface area contributed by atoms with Gasteiger partial charge in [0.1, 0.15) is 11.5 Å². The van der Waals surface area contributed by atoms with Gasteiger partial charge in [0.05, 0.1) is 6.10 Å². The Morgan fingerprint density at radius 1 is 0.952 bits per heavy atom. The van der Waals surface area contributed by atoms with Crippen molar-refractivity contribution in [3.63, 3.8) is 0 Å². The van der Waals surface area contributed by atoms with Crippen molar-refractivity contribution in [2.45, 2.75) is 33.3 Å². The largest absolute Gasteiger partial charge is 0.466 e.